The Morgan fingerprint density at radius 1 is 1.26 bits per heavy atom. The highest BCUT2D eigenvalue weighted by Crippen LogP contribution is 2.22. The summed E-state index contributed by atoms with van der Waals surface area (Å²) >= 11 is 4.85. The minimum Gasteiger partial charge on any atom is -0.352 e. The van der Waals surface area contributed by atoms with Crippen LogP contribution in [0.2, 0.25) is 0 Å². The van der Waals surface area contributed by atoms with Crippen LogP contribution in [0.25, 0.3) is 10.2 Å². The van der Waals surface area contributed by atoms with Crippen molar-refractivity contribution in [1.82, 2.24) is 10.3 Å². The van der Waals surface area contributed by atoms with Gasteiger partial charge in [-0.25, -0.2) is 9.37 Å². The smallest absolute Gasteiger partial charge is 0.220 e. The number of hydrogen-bond acceptors (Lipinski definition) is 3. The van der Waals surface area contributed by atoms with Gasteiger partial charge in [0.25, 0.3) is 0 Å². The van der Waals surface area contributed by atoms with Gasteiger partial charge in [0, 0.05) is 23.9 Å². The second kappa shape index (κ2) is 7.19. The zero-order valence-electron chi connectivity index (χ0n) is 12.2. The van der Waals surface area contributed by atoms with Crippen molar-refractivity contribution in [2.75, 3.05) is 0 Å². The quantitative estimate of drug-likeness (QED) is 0.696. The lowest BCUT2D eigenvalue weighted by atomic mass is 10.2. The van der Waals surface area contributed by atoms with Crippen LogP contribution in [0.5, 0.6) is 0 Å². The summed E-state index contributed by atoms with van der Waals surface area (Å²) in [7, 11) is 0. The first-order valence-corrected chi connectivity index (χ1v) is 8.77. The summed E-state index contributed by atoms with van der Waals surface area (Å²) in [4.78, 5) is 16.4. The number of rotatable bonds is 5. The summed E-state index contributed by atoms with van der Waals surface area (Å²) in [6, 6.07) is 12.5. The Bertz CT molecular complexity index is 796. The molecule has 0 radical (unpaired) electrons. The predicted molar refractivity (Wildman–Crippen MR) is 93.9 cm³/mol. The average molecular weight is 393 g/mol. The highest BCUT2D eigenvalue weighted by molar-refractivity contribution is 9.10. The number of aromatic nitrogens is 1. The molecular weight excluding hydrogens is 379 g/mol. The van der Waals surface area contributed by atoms with Crippen molar-refractivity contribution < 1.29 is 9.18 Å². The lowest BCUT2D eigenvalue weighted by Crippen LogP contribution is -2.23. The third-order valence-corrected chi connectivity index (χ3v) is 4.87. The van der Waals surface area contributed by atoms with Crippen LogP contribution >= 0.6 is 27.3 Å². The first-order valence-electron chi connectivity index (χ1n) is 7.16. The highest BCUT2D eigenvalue weighted by atomic mass is 79.9. The maximum atomic E-state index is 13.3. The van der Waals surface area contributed by atoms with Gasteiger partial charge in [0.2, 0.25) is 5.91 Å². The molecule has 3 aromatic rings. The molecule has 118 valence electrons. The van der Waals surface area contributed by atoms with Crippen molar-refractivity contribution in [2.45, 2.75) is 19.4 Å². The van der Waals surface area contributed by atoms with Crippen LogP contribution in [-0.4, -0.2) is 10.9 Å². The fourth-order valence-corrected chi connectivity index (χ4v) is 3.73. The van der Waals surface area contributed by atoms with Gasteiger partial charge in [-0.2, -0.15) is 0 Å². The maximum Gasteiger partial charge on any atom is 0.220 e. The molecule has 0 aliphatic heterocycles. The molecule has 1 aromatic heterocycles. The number of amides is 1. The second-order valence-electron chi connectivity index (χ2n) is 5.13. The van der Waals surface area contributed by atoms with Crippen molar-refractivity contribution in [3.05, 3.63) is 63.3 Å². The Morgan fingerprint density at radius 2 is 2.09 bits per heavy atom. The Balaban J connectivity index is 1.53. The van der Waals surface area contributed by atoms with Crippen LogP contribution in [0.15, 0.2) is 46.9 Å². The van der Waals surface area contributed by atoms with Crippen molar-refractivity contribution in [2.24, 2.45) is 0 Å². The molecule has 3 rings (SSSR count). The minimum absolute atomic E-state index is 0.0651. The van der Waals surface area contributed by atoms with Gasteiger partial charge in [0.15, 0.2) is 0 Å². The second-order valence-corrected chi connectivity index (χ2v) is 7.16. The first-order chi connectivity index (χ1) is 11.1. The first kappa shape index (κ1) is 16.1. The largest absolute Gasteiger partial charge is 0.352 e. The van der Waals surface area contributed by atoms with E-state index < -0.39 is 0 Å². The third kappa shape index (κ3) is 4.36. The monoisotopic (exact) mass is 392 g/mol. The van der Waals surface area contributed by atoms with Gasteiger partial charge in [0.1, 0.15) is 5.82 Å². The normalized spacial score (nSPS) is 10.9. The SMILES string of the molecule is O=C(CCc1nc2ccccc2s1)NCc1cc(F)cc(Br)c1. The van der Waals surface area contributed by atoms with Gasteiger partial charge in [-0.15, -0.1) is 11.3 Å². The molecule has 0 bridgehead atoms. The van der Waals surface area contributed by atoms with E-state index in [9.17, 15) is 9.18 Å². The number of benzene rings is 2. The lowest BCUT2D eigenvalue weighted by Gasteiger charge is -2.05. The van der Waals surface area contributed by atoms with Gasteiger partial charge >= 0.3 is 0 Å². The number of carbonyl (C=O) groups excluding carboxylic acids is 1. The van der Waals surface area contributed by atoms with E-state index in [1.165, 1.54) is 12.1 Å². The van der Waals surface area contributed by atoms with Crippen molar-refractivity contribution in [3.8, 4) is 0 Å². The summed E-state index contributed by atoms with van der Waals surface area (Å²) in [5.41, 5.74) is 1.70. The Morgan fingerprint density at radius 3 is 2.87 bits per heavy atom. The molecule has 0 unspecified atom stereocenters. The van der Waals surface area contributed by atoms with Crippen LogP contribution < -0.4 is 5.32 Å². The molecule has 0 fully saturated rings. The number of carbonyl (C=O) groups is 1. The van der Waals surface area contributed by atoms with E-state index in [2.05, 4.69) is 26.2 Å². The number of para-hydroxylation sites is 1. The zero-order valence-corrected chi connectivity index (χ0v) is 14.6. The van der Waals surface area contributed by atoms with Gasteiger partial charge < -0.3 is 5.32 Å². The number of aryl methyl sites for hydroxylation is 1. The van der Waals surface area contributed by atoms with Crippen molar-refractivity contribution >= 4 is 43.4 Å². The van der Waals surface area contributed by atoms with Crippen molar-refractivity contribution in [1.29, 1.82) is 0 Å². The molecule has 0 spiro atoms. The topological polar surface area (TPSA) is 42.0 Å². The molecule has 2 aromatic carbocycles. The summed E-state index contributed by atoms with van der Waals surface area (Å²) in [5, 5.41) is 3.76. The van der Waals surface area contributed by atoms with E-state index in [0.717, 1.165) is 20.8 Å². The molecule has 0 saturated carbocycles. The van der Waals surface area contributed by atoms with E-state index >= 15 is 0 Å². The Kier molecular flexibility index (Phi) is 5.03. The molecular formula is C17H14BrFN2OS. The maximum absolute atomic E-state index is 13.3. The molecule has 0 aliphatic carbocycles. The summed E-state index contributed by atoms with van der Waals surface area (Å²) in [5.74, 6) is -0.386. The van der Waals surface area contributed by atoms with Gasteiger partial charge in [-0.05, 0) is 35.9 Å². The minimum atomic E-state index is -0.321. The van der Waals surface area contributed by atoms with Gasteiger partial charge in [0.05, 0.1) is 15.2 Å². The van der Waals surface area contributed by atoms with E-state index in [1.807, 2.05) is 24.3 Å². The van der Waals surface area contributed by atoms with Crippen LogP contribution in [0.4, 0.5) is 4.39 Å². The van der Waals surface area contributed by atoms with Crippen LogP contribution in [0.1, 0.15) is 17.0 Å². The van der Waals surface area contributed by atoms with Crippen LogP contribution in [-0.2, 0) is 17.8 Å². The summed E-state index contributed by atoms with van der Waals surface area (Å²) in [6.07, 6.45) is 0.980. The lowest BCUT2D eigenvalue weighted by molar-refractivity contribution is -0.121. The molecule has 1 amide bonds. The van der Waals surface area contributed by atoms with Gasteiger partial charge in [-0.1, -0.05) is 28.1 Å². The number of thiazole rings is 1. The van der Waals surface area contributed by atoms with E-state index in [4.69, 9.17) is 0 Å². The van der Waals surface area contributed by atoms with E-state index in [0.29, 0.717) is 23.9 Å². The fraction of sp³-hybridized carbons (Fsp3) is 0.176. The summed E-state index contributed by atoms with van der Waals surface area (Å²) < 4.78 is 15.1. The van der Waals surface area contributed by atoms with Crippen molar-refractivity contribution in [3.63, 3.8) is 0 Å². The third-order valence-electron chi connectivity index (χ3n) is 3.32. The number of nitrogens with zero attached hydrogens (tertiary/aromatic N) is 1. The molecule has 6 heteroatoms. The van der Waals surface area contributed by atoms with Crippen LogP contribution in [0, 0.1) is 5.82 Å². The van der Waals surface area contributed by atoms with E-state index in [-0.39, 0.29) is 11.7 Å². The molecule has 3 nitrogen and oxygen atoms in total. The molecule has 0 aliphatic rings. The van der Waals surface area contributed by atoms with E-state index in [1.54, 1.807) is 17.4 Å². The number of fused-ring (bicyclic) bond motifs is 1. The Labute approximate surface area is 145 Å². The number of nitrogens with one attached hydrogen (secondary N) is 1. The highest BCUT2D eigenvalue weighted by Gasteiger charge is 2.07. The standard InChI is InChI=1S/C17H14BrFN2OS/c18-12-7-11(8-13(19)9-12)10-20-16(22)5-6-17-21-14-3-1-2-4-15(14)23-17/h1-4,7-9H,5-6,10H2,(H,20,22). The summed E-state index contributed by atoms with van der Waals surface area (Å²) in [6.45, 7) is 0.315. The Hall–Kier alpha value is -1.79. The number of hydrogen-bond donors (Lipinski definition) is 1. The predicted octanol–water partition coefficient (Wildman–Crippen LogP) is 4.45. The number of halogens is 2. The average Bonchev–Trinajstić information content (AvgIpc) is 2.93. The van der Waals surface area contributed by atoms with Gasteiger partial charge in [-0.3, -0.25) is 4.79 Å². The molecule has 23 heavy (non-hydrogen) atoms. The molecule has 0 saturated heterocycles. The fourth-order valence-electron chi connectivity index (χ4n) is 2.25. The molecule has 1 N–H and O–H groups in total. The zero-order chi connectivity index (χ0) is 16.2. The molecule has 0 atom stereocenters. The molecule has 1 heterocycles. The van der Waals surface area contributed by atoms with Crippen LogP contribution in [0.3, 0.4) is 0 Å².